The molecule has 2 heterocycles. The molecule has 0 fully saturated rings. The van der Waals surface area contributed by atoms with Crippen molar-refractivity contribution in [3.05, 3.63) is 66.9 Å². The fourth-order valence-corrected chi connectivity index (χ4v) is 2.53. The van der Waals surface area contributed by atoms with Gasteiger partial charge in [-0.15, -0.1) is 0 Å². The lowest BCUT2D eigenvalue weighted by Crippen LogP contribution is -1.95. The van der Waals surface area contributed by atoms with Crippen LogP contribution in [0.3, 0.4) is 0 Å². The lowest BCUT2D eigenvalue weighted by molar-refractivity contribution is 0.174. The summed E-state index contributed by atoms with van der Waals surface area (Å²) >= 11 is 0. The SMILES string of the molecule is C=C(c1ccc2c(c1)OCO2)n1ccc2ccccc21. The standard InChI is InChI=1S/C17H13NO2/c1-12(14-6-7-16-17(10-14)20-11-19-16)18-9-8-13-4-2-3-5-15(13)18/h2-10H,1,11H2. The highest BCUT2D eigenvalue weighted by Gasteiger charge is 2.15. The van der Waals surface area contributed by atoms with Crippen molar-refractivity contribution in [2.24, 2.45) is 0 Å². The van der Waals surface area contributed by atoms with E-state index in [1.165, 1.54) is 5.39 Å². The van der Waals surface area contributed by atoms with E-state index in [2.05, 4.69) is 29.3 Å². The van der Waals surface area contributed by atoms with Crippen LogP contribution >= 0.6 is 0 Å². The fraction of sp³-hybridized carbons (Fsp3) is 0.0588. The molecule has 1 aromatic heterocycles. The van der Waals surface area contributed by atoms with E-state index >= 15 is 0 Å². The fourth-order valence-electron chi connectivity index (χ4n) is 2.53. The number of hydrogen-bond acceptors (Lipinski definition) is 2. The number of fused-ring (bicyclic) bond motifs is 2. The Morgan fingerprint density at radius 3 is 2.80 bits per heavy atom. The molecular formula is C17H13NO2. The van der Waals surface area contributed by atoms with Gasteiger partial charge in [-0.2, -0.15) is 0 Å². The van der Waals surface area contributed by atoms with Crippen molar-refractivity contribution in [3.63, 3.8) is 0 Å². The Balaban J connectivity index is 1.80. The number of hydrogen-bond donors (Lipinski definition) is 0. The summed E-state index contributed by atoms with van der Waals surface area (Å²) in [7, 11) is 0. The summed E-state index contributed by atoms with van der Waals surface area (Å²) in [4.78, 5) is 0. The lowest BCUT2D eigenvalue weighted by atomic mass is 10.1. The number of rotatable bonds is 2. The van der Waals surface area contributed by atoms with Gasteiger partial charge in [-0.05, 0) is 35.7 Å². The first-order valence-corrected chi connectivity index (χ1v) is 6.48. The van der Waals surface area contributed by atoms with Crippen molar-refractivity contribution in [3.8, 4) is 11.5 Å². The largest absolute Gasteiger partial charge is 0.454 e. The maximum atomic E-state index is 5.42. The zero-order valence-electron chi connectivity index (χ0n) is 10.9. The first-order valence-electron chi connectivity index (χ1n) is 6.48. The Hall–Kier alpha value is -2.68. The molecule has 0 aliphatic carbocycles. The second-order valence-electron chi connectivity index (χ2n) is 4.76. The van der Waals surface area contributed by atoms with Crippen molar-refractivity contribution in [1.82, 2.24) is 4.57 Å². The van der Waals surface area contributed by atoms with Crippen LogP contribution in [-0.2, 0) is 0 Å². The highest BCUT2D eigenvalue weighted by Crippen LogP contribution is 2.35. The minimum absolute atomic E-state index is 0.289. The van der Waals surface area contributed by atoms with Crippen molar-refractivity contribution >= 4 is 16.6 Å². The lowest BCUT2D eigenvalue weighted by Gasteiger charge is -2.10. The third-order valence-corrected chi connectivity index (χ3v) is 3.60. The van der Waals surface area contributed by atoms with E-state index < -0.39 is 0 Å². The summed E-state index contributed by atoms with van der Waals surface area (Å²) in [5, 5.41) is 1.20. The van der Waals surface area contributed by atoms with Gasteiger partial charge in [0.2, 0.25) is 6.79 Å². The van der Waals surface area contributed by atoms with E-state index in [4.69, 9.17) is 9.47 Å². The van der Waals surface area contributed by atoms with Gasteiger partial charge >= 0.3 is 0 Å². The number of ether oxygens (including phenoxy) is 2. The molecule has 20 heavy (non-hydrogen) atoms. The molecule has 98 valence electrons. The molecule has 1 aliphatic heterocycles. The summed E-state index contributed by atoms with van der Waals surface area (Å²) < 4.78 is 12.8. The molecule has 0 saturated heterocycles. The minimum Gasteiger partial charge on any atom is -0.454 e. The van der Waals surface area contributed by atoms with E-state index in [1.54, 1.807) is 0 Å². The average molecular weight is 263 g/mol. The van der Waals surface area contributed by atoms with Crippen LogP contribution in [0, 0.1) is 0 Å². The maximum absolute atomic E-state index is 5.42. The van der Waals surface area contributed by atoms with Crippen molar-refractivity contribution in [1.29, 1.82) is 0 Å². The van der Waals surface area contributed by atoms with Gasteiger partial charge in [0.1, 0.15) is 0 Å². The van der Waals surface area contributed by atoms with Gasteiger partial charge in [0.15, 0.2) is 11.5 Å². The van der Waals surface area contributed by atoms with E-state index in [1.807, 2.05) is 36.5 Å². The first-order chi connectivity index (χ1) is 9.83. The van der Waals surface area contributed by atoms with Crippen molar-refractivity contribution in [2.45, 2.75) is 0 Å². The molecule has 0 radical (unpaired) electrons. The van der Waals surface area contributed by atoms with Crippen LogP contribution < -0.4 is 9.47 Å². The quantitative estimate of drug-likeness (QED) is 0.700. The smallest absolute Gasteiger partial charge is 0.231 e. The molecule has 3 heteroatoms. The molecule has 0 bridgehead atoms. The van der Waals surface area contributed by atoms with Gasteiger partial charge < -0.3 is 14.0 Å². The maximum Gasteiger partial charge on any atom is 0.231 e. The topological polar surface area (TPSA) is 23.4 Å². The number of aromatic nitrogens is 1. The summed E-state index contributed by atoms with van der Waals surface area (Å²) in [6.07, 6.45) is 2.04. The first kappa shape index (κ1) is 11.2. The molecule has 2 aromatic carbocycles. The molecule has 0 saturated carbocycles. The van der Waals surface area contributed by atoms with E-state index in [0.717, 1.165) is 28.3 Å². The molecule has 0 N–H and O–H groups in total. The van der Waals surface area contributed by atoms with Gasteiger partial charge in [-0.25, -0.2) is 0 Å². The highest BCUT2D eigenvalue weighted by molar-refractivity contribution is 5.85. The summed E-state index contributed by atoms with van der Waals surface area (Å²) in [6.45, 7) is 4.50. The van der Waals surface area contributed by atoms with Gasteiger partial charge in [-0.3, -0.25) is 0 Å². The molecule has 0 atom stereocenters. The molecule has 1 aliphatic rings. The number of nitrogens with zero attached hydrogens (tertiary/aromatic N) is 1. The molecule has 3 nitrogen and oxygen atoms in total. The molecule has 3 aromatic rings. The Kier molecular flexibility index (Phi) is 2.33. The number of benzene rings is 2. The zero-order chi connectivity index (χ0) is 13.5. The van der Waals surface area contributed by atoms with Crippen LogP contribution in [0.1, 0.15) is 5.56 Å². The van der Waals surface area contributed by atoms with Gasteiger partial charge in [0.25, 0.3) is 0 Å². The second-order valence-corrected chi connectivity index (χ2v) is 4.76. The third-order valence-electron chi connectivity index (χ3n) is 3.60. The summed E-state index contributed by atoms with van der Waals surface area (Å²) in [5.41, 5.74) is 3.09. The molecule has 0 spiro atoms. The van der Waals surface area contributed by atoms with Crippen molar-refractivity contribution < 1.29 is 9.47 Å². The predicted octanol–water partition coefficient (Wildman–Crippen LogP) is 3.89. The van der Waals surface area contributed by atoms with Gasteiger partial charge in [0.05, 0.1) is 5.52 Å². The molecule has 0 amide bonds. The Labute approximate surface area is 116 Å². The van der Waals surface area contributed by atoms with Crippen LogP contribution in [-0.4, -0.2) is 11.4 Å². The minimum atomic E-state index is 0.289. The van der Waals surface area contributed by atoms with E-state index in [-0.39, 0.29) is 6.79 Å². The summed E-state index contributed by atoms with van der Waals surface area (Å²) in [5.74, 6) is 1.57. The van der Waals surface area contributed by atoms with E-state index in [9.17, 15) is 0 Å². The van der Waals surface area contributed by atoms with Crippen molar-refractivity contribution in [2.75, 3.05) is 6.79 Å². The predicted molar refractivity (Wildman–Crippen MR) is 78.9 cm³/mol. The normalized spacial score (nSPS) is 12.8. The van der Waals surface area contributed by atoms with Crippen LogP contribution in [0.2, 0.25) is 0 Å². The summed E-state index contributed by atoms with van der Waals surface area (Å²) in [6, 6.07) is 16.3. The molecule has 0 unspecified atom stereocenters. The molecular weight excluding hydrogens is 250 g/mol. The van der Waals surface area contributed by atoms with Gasteiger partial charge in [-0.1, -0.05) is 24.8 Å². The molecule has 4 rings (SSSR count). The highest BCUT2D eigenvalue weighted by atomic mass is 16.7. The third kappa shape index (κ3) is 1.60. The average Bonchev–Trinajstić information content (AvgIpc) is 3.12. The van der Waals surface area contributed by atoms with E-state index in [0.29, 0.717) is 0 Å². The van der Waals surface area contributed by atoms with Crippen LogP contribution in [0.25, 0.3) is 16.6 Å². The van der Waals surface area contributed by atoms with Gasteiger partial charge in [0, 0.05) is 17.5 Å². The van der Waals surface area contributed by atoms with Crippen LogP contribution in [0.5, 0.6) is 11.5 Å². The Morgan fingerprint density at radius 1 is 1.00 bits per heavy atom. The van der Waals surface area contributed by atoms with Crippen LogP contribution in [0.15, 0.2) is 61.3 Å². The van der Waals surface area contributed by atoms with Crippen LogP contribution in [0.4, 0.5) is 0 Å². The monoisotopic (exact) mass is 263 g/mol. The Morgan fingerprint density at radius 2 is 1.85 bits per heavy atom. The second kappa shape index (κ2) is 4.17. The Bertz CT molecular complexity index is 817. The zero-order valence-corrected chi connectivity index (χ0v) is 10.9. The number of para-hydroxylation sites is 1.